The van der Waals surface area contributed by atoms with E-state index in [-0.39, 0.29) is 4.75 Å². The van der Waals surface area contributed by atoms with Gasteiger partial charge in [0.15, 0.2) is 0 Å². The summed E-state index contributed by atoms with van der Waals surface area (Å²) in [5.74, 6) is 0.995. The molecule has 0 spiro atoms. The van der Waals surface area contributed by atoms with E-state index in [1.165, 1.54) is 32.6 Å². The van der Waals surface area contributed by atoms with Crippen LogP contribution in [0.3, 0.4) is 0 Å². The van der Waals surface area contributed by atoms with Gasteiger partial charge >= 0.3 is 5.96 Å². The molecule has 3 N–H and O–H groups in total. The molecule has 0 saturated carbocycles. The van der Waals surface area contributed by atoms with Crippen LogP contribution >= 0.6 is 23.4 Å². The Balaban J connectivity index is 2.08. The first-order valence-corrected chi connectivity index (χ1v) is 13.3. The molecule has 188 valence electrons. The highest BCUT2D eigenvalue weighted by molar-refractivity contribution is 8.00. The lowest BCUT2D eigenvalue weighted by atomic mass is 10.0. The number of benzene rings is 2. The van der Waals surface area contributed by atoms with Crippen LogP contribution in [0.2, 0.25) is 5.02 Å². The van der Waals surface area contributed by atoms with Crippen LogP contribution in [0.1, 0.15) is 63.8 Å². The zero-order chi connectivity index (χ0) is 25.8. The monoisotopic (exact) mass is 512 g/mol. The summed E-state index contributed by atoms with van der Waals surface area (Å²) in [4.78, 5) is 1.37. The topological polar surface area (TPSA) is 58.3 Å². The molecule has 0 aliphatic rings. The Labute approximate surface area is 219 Å². The second kappa shape index (κ2) is 11.5. The van der Waals surface area contributed by atoms with Crippen LogP contribution in [-0.2, 0) is 13.0 Å². The number of nitrogens with zero attached hydrogens (tertiary/aromatic N) is 3. The number of hydrogen-bond donors (Lipinski definition) is 2. The molecule has 3 aromatic rings. The van der Waals surface area contributed by atoms with E-state index in [0.717, 1.165) is 24.4 Å². The summed E-state index contributed by atoms with van der Waals surface area (Å²) >= 11 is 8.11. The number of thioether (sulfide) groups is 1. The Morgan fingerprint density at radius 2 is 1.86 bits per heavy atom. The van der Waals surface area contributed by atoms with Crippen molar-refractivity contribution < 1.29 is 4.58 Å². The van der Waals surface area contributed by atoms with Crippen LogP contribution in [0.5, 0.6) is 0 Å². The molecule has 0 radical (unpaired) electrons. The SMILES string of the molecule is CC(C)c1ccc2c(c1)c(SC(C)(C)C)c(CCC=NNC(N)=[N+](C)C)n2Cc1ccc(Cl)cc1. The number of hydrazone groups is 1. The van der Waals surface area contributed by atoms with Crippen molar-refractivity contribution >= 4 is 46.4 Å². The van der Waals surface area contributed by atoms with Gasteiger partial charge < -0.3 is 4.57 Å². The highest BCUT2D eigenvalue weighted by atomic mass is 35.5. The zero-order valence-electron chi connectivity index (χ0n) is 22.0. The molecular weight excluding hydrogens is 474 g/mol. The number of rotatable bonds is 8. The fourth-order valence-electron chi connectivity index (χ4n) is 3.85. The molecule has 2 aromatic carbocycles. The van der Waals surface area contributed by atoms with Crippen molar-refractivity contribution in [3.63, 3.8) is 0 Å². The number of nitrogens with one attached hydrogen (secondary N) is 1. The molecule has 0 atom stereocenters. The highest BCUT2D eigenvalue weighted by Gasteiger charge is 2.23. The Morgan fingerprint density at radius 3 is 2.46 bits per heavy atom. The van der Waals surface area contributed by atoms with Crippen molar-refractivity contribution in [3.05, 3.63) is 64.3 Å². The standard InChI is InChI=1S/C28H38ClN5S/c1-19(2)21-12-15-24-23(17-21)26(35-28(3,4)5)25(9-8-16-31-32-27(30)33(6)7)34(24)18-20-10-13-22(29)14-11-20/h10-17,19H,8-9,18H2,1-7H3,(H2,30,32)/p+1. The fourth-order valence-corrected chi connectivity index (χ4v) is 5.19. The number of aromatic nitrogens is 1. The van der Waals surface area contributed by atoms with Crippen molar-refractivity contribution in [2.75, 3.05) is 14.1 Å². The van der Waals surface area contributed by atoms with Gasteiger partial charge in [-0.1, -0.05) is 64.4 Å². The Morgan fingerprint density at radius 1 is 1.17 bits per heavy atom. The van der Waals surface area contributed by atoms with Crippen LogP contribution in [0.25, 0.3) is 10.9 Å². The van der Waals surface area contributed by atoms with E-state index in [1.807, 2.05) is 44.2 Å². The quantitative estimate of drug-likeness (QED) is 0.120. The van der Waals surface area contributed by atoms with E-state index in [4.69, 9.17) is 17.3 Å². The van der Waals surface area contributed by atoms with E-state index in [0.29, 0.717) is 11.9 Å². The maximum atomic E-state index is 6.16. The average molecular weight is 513 g/mol. The van der Waals surface area contributed by atoms with Crippen LogP contribution < -0.4 is 11.2 Å². The van der Waals surface area contributed by atoms with Gasteiger partial charge in [-0.3, -0.25) is 10.3 Å². The number of nitrogens with two attached hydrogens (primary N) is 1. The summed E-state index contributed by atoms with van der Waals surface area (Å²) in [6.07, 6.45) is 3.59. The van der Waals surface area contributed by atoms with Gasteiger partial charge in [-0.25, -0.2) is 0 Å². The number of fused-ring (bicyclic) bond motifs is 1. The van der Waals surface area contributed by atoms with Gasteiger partial charge in [0.25, 0.3) is 0 Å². The van der Waals surface area contributed by atoms with Crippen molar-refractivity contribution in [2.45, 2.75) is 69.6 Å². The van der Waals surface area contributed by atoms with E-state index < -0.39 is 0 Å². The number of guanidine groups is 1. The molecule has 7 heteroatoms. The lowest BCUT2D eigenvalue weighted by molar-refractivity contribution is -0.467. The third-order valence-electron chi connectivity index (χ3n) is 5.74. The first kappa shape index (κ1) is 27.2. The molecule has 0 fully saturated rings. The van der Waals surface area contributed by atoms with Crippen LogP contribution in [0.4, 0.5) is 0 Å². The van der Waals surface area contributed by atoms with Gasteiger partial charge in [-0.15, -0.1) is 16.9 Å². The Bertz CT molecular complexity index is 1210. The van der Waals surface area contributed by atoms with E-state index >= 15 is 0 Å². The predicted octanol–water partition coefficient (Wildman–Crippen LogP) is 6.45. The van der Waals surface area contributed by atoms with E-state index in [2.05, 4.69) is 80.0 Å². The van der Waals surface area contributed by atoms with Crippen molar-refractivity contribution in [2.24, 2.45) is 10.8 Å². The minimum atomic E-state index is 0.0900. The molecular formula is C28H39ClN5S+. The van der Waals surface area contributed by atoms with Gasteiger partial charge in [0.05, 0.1) is 14.1 Å². The van der Waals surface area contributed by atoms with Gasteiger partial charge in [0.1, 0.15) is 0 Å². The van der Waals surface area contributed by atoms with E-state index in [9.17, 15) is 0 Å². The molecule has 35 heavy (non-hydrogen) atoms. The average Bonchev–Trinajstić information content (AvgIpc) is 3.05. The van der Waals surface area contributed by atoms with Gasteiger partial charge in [0, 0.05) is 44.0 Å². The first-order valence-electron chi connectivity index (χ1n) is 12.1. The third-order valence-corrected chi connectivity index (χ3v) is 7.26. The Hall–Kier alpha value is -2.44. The summed E-state index contributed by atoms with van der Waals surface area (Å²) in [6.45, 7) is 12.1. The lowest BCUT2D eigenvalue weighted by Crippen LogP contribution is -2.34. The second-order valence-electron chi connectivity index (χ2n) is 10.4. The van der Waals surface area contributed by atoms with Crippen molar-refractivity contribution in [1.29, 1.82) is 0 Å². The predicted molar refractivity (Wildman–Crippen MR) is 153 cm³/mol. The molecule has 1 heterocycles. The Kier molecular flexibility index (Phi) is 8.94. The normalized spacial score (nSPS) is 12.1. The van der Waals surface area contributed by atoms with Crippen LogP contribution in [-0.4, -0.2) is 40.2 Å². The third kappa shape index (κ3) is 7.28. The molecule has 0 unspecified atom stereocenters. The first-order chi connectivity index (χ1) is 16.5. The van der Waals surface area contributed by atoms with Gasteiger partial charge in [-0.2, -0.15) is 5.43 Å². The van der Waals surface area contributed by atoms with Gasteiger partial charge in [0.2, 0.25) is 0 Å². The van der Waals surface area contributed by atoms with Crippen molar-refractivity contribution in [3.8, 4) is 0 Å². The molecule has 3 rings (SSSR count). The summed E-state index contributed by atoms with van der Waals surface area (Å²) in [5, 5.41) is 6.41. The summed E-state index contributed by atoms with van der Waals surface area (Å²) < 4.78 is 4.36. The largest absolute Gasteiger partial charge is 0.366 e. The maximum absolute atomic E-state index is 6.16. The maximum Gasteiger partial charge on any atom is 0.366 e. The summed E-state index contributed by atoms with van der Waals surface area (Å²) in [7, 11) is 3.77. The second-order valence-corrected chi connectivity index (χ2v) is 12.6. The number of halogens is 1. The number of hydrogen-bond acceptors (Lipinski definition) is 2. The summed E-state index contributed by atoms with van der Waals surface area (Å²) in [5.41, 5.74) is 14.0. The molecule has 0 bridgehead atoms. The van der Waals surface area contributed by atoms with Gasteiger partial charge in [-0.05, 0) is 54.2 Å². The van der Waals surface area contributed by atoms with Crippen LogP contribution in [0.15, 0.2) is 52.5 Å². The van der Waals surface area contributed by atoms with Crippen molar-refractivity contribution in [1.82, 2.24) is 9.99 Å². The lowest BCUT2D eigenvalue weighted by Gasteiger charge is -2.19. The minimum absolute atomic E-state index is 0.0900. The van der Waals surface area contributed by atoms with Crippen LogP contribution in [0, 0.1) is 0 Å². The smallest absolute Gasteiger partial charge is 0.339 e. The molecule has 0 saturated heterocycles. The molecule has 5 nitrogen and oxygen atoms in total. The molecule has 0 aliphatic carbocycles. The fraction of sp³-hybridized carbons (Fsp3) is 0.429. The minimum Gasteiger partial charge on any atom is -0.339 e. The molecule has 1 aromatic heterocycles. The van der Waals surface area contributed by atoms with E-state index in [1.54, 1.807) is 4.58 Å². The molecule has 0 amide bonds. The zero-order valence-corrected chi connectivity index (χ0v) is 23.6. The molecule has 0 aliphatic heterocycles. The highest BCUT2D eigenvalue weighted by Crippen LogP contribution is 2.42. The summed E-state index contributed by atoms with van der Waals surface area (Å²) in [6, 6.07) is 15.1.